The van der Waals surface area contributed by atoms with Crippen LogP contribution in [0.4, 0.5) is 0 Å². The van der Waals surface area contributed by atoms with Crippen LogP contribution in [0.15, 0.2) is 0 Å². The average Bonchev–Trinajstić information content (AvgIpc) is 2.12. The van der Waals surface area contributed by atoms with Crippen molar-refractivity contribution in [3.8, 4) is 0 Å². The van der Waals surface area contributed by atoms with Crippen LogP contribution in [0.1, 0.15) is 13.3 Å². The Morgan fingerprint density at radius 2 is 2.07 bits per heavy atom. The quantitative estimate of drug-likeness (QED) is 0.517. The fourth-order valence-electron chi connectivity index (χ4n) is 0.638. The topological polar surface area (TPSA) is 86.6 Å². The van der Waals surface area contributed by atoms with Gasteiger partial charge in [0.25, 0.3) is 0 Å². The van der Waals surface area contributed by atoms with Gasteiger partial charge in [0.15, 0.2) is 0 Å². The van der Waals surface area contributed by atoms with Gasteiger partial charge in [0.05, 0.1) is 18.0 Å². The predicted octanol–water partition coefficient (Wildman–Crippen LogP) is -0.722. The van der Waals surface area contributed by atoms with Crippen LogP contribution >= 0.6 is 11.6 Å². The molecule has 1 atom stereocenters. The summed E-state index contributed by atoms with van der Waals surface area (Å²) < 4.78 is 24.6. The van der Waals surface area contributed by atoms with E-state index in [1.54, 1.807) is 0 Å². The summed E-state index contributed by atoms with van der Waals surface area (Å²) in [7, 11) is -3.39. The van der Waals surface area contributed by atoms with Crippen molar-refractivity contribution in [3.63, 3.8) is 0 Å². The van der Waals surface area contributed by atoms with Gasteiger partial charge in [-0.3, -0.25) is 0 Å². The second-order valence-electron chi connectivity index (χ2n) is 3.34. The molecule has 0 amide bonds. The molecule has 0 aromatic heterocycles. The van der Waals surface area contributed by atoms with E-state index in [0.717, 1.165) is 0 Å². The van der Waals surface area contributed by atoms with Crippen molar-refractivity contribution in [3.05, 3.63) is 0 Å². The molecule has 7 heteroatoms. The lowest BCUT2D eigenvalue weighted by Gasteiger charge is -2.20. The second-order valence-corrected chi connectivity index (χ2v) is 5.64. The number of hydrogen-bond donors (Lipinski definition) is 3. The van der Waals surface area contributed by atoms with Gasteiger partial charge in [-0.25, -0.2) is 13.1 Å². The van der Waals surface area contributed by atoms with Crippen molar-refractivity contribution >= 4 is 21.6 Å². The third kappa shape index (κ3) is 6.56. The first kappa shape index (κ1) is 14.1. The molecule has 14 heavy (non-hydrogen) atoms. The molecule has 0 heterocycles. The van der Waals surface area contributed by atoms with Gasteiger partial charge in [-0.1, -0.05) is 0 Å². The Labute approximate surface area is 89.1 Å². The second kappa shape index (κ2) is 5.87. The highest BCUT2D eigenvalue weighted by Gasteiger charge is 2.21. The van der Waals surface area contributed by atoms with Gasteiger partial charge >= 0.3 is 0 Å². The zero-order valence-electron chi connectivity index (χ0n) is 8.03. The van der Waals surface area contributed by atoms with Crippen LogP contribution in [0.5, 0.6) is 0 Å². The maximum absolute atomic E-state index is 11.2. The zero-order chi connectivity index (χ0) is 11.2. The first-order chi connectivity index (χ1) is 6.33. The SMILES string of the molecule is CC(O)(CO)CNS(=O)(=O)CCCCl. The molecule has 86 valence electrons. The molecule has 0 fully saturated rings. The summed E-state index contributed by atoms with van der Waals surface area (Å²) in [5, 5.41) is 18.0. The molecule has 5 nitrogen and oxygen atoms in total. The summed E-state index contributed by atoms with van der Waals surface area (Å²) in [6.45, 7) is 0.649. The van der Waals surface area contributed by atoms with Crippen LogP contribution in [0.3, 0.4) is 0 Å². The number of halogens is 1. The maximum atomic E-state index is 11.2. The highest BCUT2D eigenvalue weighted by molar-refractivity contribution is 7.89. The van der Waals surface area contributed by atoms with E-state index in [-0.39, 0.29) is 18.2 Å². The van der Waals surface area contributed by atoms with Crippen molar-refractivity contribution in [2.75, 3.05) is 24.8 Å². The zero-order valence-corrected chi connectivity index (χ0v) is 9.61. The third-order valence-corrected chi connectivity index (χ3v) is 3.24. The van der Waals surface area contributed by atoms with E-state index in [0.29, 0.717) is 6.42 Å². The van der Waals surface area contributed by atoms with E-state index in [1.807, 2.05) is 0 Å². The van der Waals surface area contributed by atoms with Crippen LogP contribution < -0.4 is 4.72 Å². The minimum absolute atomic E-state index is 0.0714. The molecule has 0 aliphatic carbocycles. The average molecular weight is 246 g/mol. The van der Waals surface area contributed by atoms with Crippen LogP contribution in [0.25, 0.3) is 0 Å². The third-order valence-electron chi connectivity index (χ3n) is 1.56. The monoisotopic (exact) mass is 245 g/mol. The molecule has 0 saturated heterocycles. The fraction of sp³-hybridized carbons (Fsp3) is 1.00. The lowest BCUT2D eigenvalue weighted by atomic mass is 10.1. The standard InChI is InChI=1S/C7H16ClNO4S/c1-7(11,6-10)5-9-14(12,13)4-2-3-8/h9-11H,2-6H2,1H3. The lowest BCUT2D eigenvalue weighted by molar-refractivity contribution is 0.00681. The van der Waals surface area contributed by atoms with E-state index >= 15 is 0 Å². The van der Waals surface area contributed by atoms with Crippen LogP contribution in [0, 0.1) is 0 Å². The highest BCUT2D eigenvalue weighted by atomic mass is 35.5. The molecule has 0 spiro atoms. The van der Waals surface area contributed by atoms with E-state index < -0.39 is 22.2 Å². The molecule has 0 saturated carbocycles. The normalized spacial score (nSPS) is 16.6. The number of alkyl halides is 1. The molecular formula is C7H16ClNO4S. The molecule has 0 bridgehead atoms. The van der Waals surface area contributed by atoms with E-state index in [1.165, 1.54) is 6.92 Å². The van der Waals surface area contributed by atoms with Crippen LogP contribution in [-0.2, 0) is 10.0 Å². The number of sulfonamides is 1. The Balaban J connectivity index is 4.00. The molecular weight excluding hydrogens is 230 g/mol. The molecule has 0 aromatic carbocycles. The largest absolute Gasteiger partial charge is 0.393 e. The van der Waals surface area contributed by atoms with Gasteiger partial charge in [-0.05, 0) is 13.3 Å². The van der Waals surface area contributed by atoms with Crippen LogP contribution in [0.2, 0.25) is 0 Å². The Bertz CT molecular complexity index is 252. The van der Waals surface area contributed by atoms with Crippen LogP contribution in [-0.4, -0.2) is 49.0 Å². The highest BCUT2D eigenvalue weighted by Crippen LogP contribution is 2.00. The molecule has 0 radical (unpaired) electrons. The number of hydrogen-bond acceptors (Lipinski definition) is 4. The Morgan fingerprint density at radius 1 is 1.50 bits per heavy atom. The van der Waals surface area contributed by atoms with Gasteiger partial charge in [0, 0.05) is 12.4 Å². The van der Waals surface area contributed by atoms with Gasteiger partial charge < -0.3 is 10.2 Å². The molecule has 0 aromatic rings. The Morgan fingerprint density at radius 3 is 2.50 bits per heavy atom. The lowest BCUT2D eigenvalue weighted by Crippen LogP contribution is -2.43. The van der Waals surface area contributed by atoms with Crippen molar-refractivity contribution in [2.24, 2.45) is 0 Å². The predicted molar refractivity (Wildman–Crippen MR) is 54.8 cm³/mol. The fourth-order valence-corrected chi connectivity index (χ4v) is 2.13. The van der Waals surface area contributed by atoms with Crippen molar-refractivity contribution in [1.82, 2.24) is 4.72 Å². The molecule has 0 aliphatic heterocycles. The van der Waals surface area contributed by atoms with Crippen molar-refractivity contribution < 1.29 is 18.6 Å². The number of aliphatic hydroxyl groups is 2. The van der Waals surface area contributed by atoms with Gasteiger partial charge in [0.1, 0.15) is 0 Å². The van der Waals surface area contributed by atoms with Crippen molar-refractivity contribution in [1.29, 1.82) is 0 Å². The summed E-state index contributed by atoms with van der Waals surface area (Å²) in [6, 6.07) is 0. The molecule has 1 unspecified atom stereocenters. The molecule has 0 aliphatic rings. The number of rotatable bonds is 7. The minimum atomic E-state index is -3.39. The smallest absolute Gasteiger partial charge is 0.211 e. The summed E-state index contributed by atoms with van der Waals surface area (Å²) in [5.41, 5.74) is -1.42. The molecule has 3 N–H and O–H groups in total. The maximum Gasteiger partial charge on any atom is 0.211 e. The molecule has 0 rings (SSSR count). The number of nitrogens with one attached hydrogen (secondary N) is 1. The van der Waals surface area contributed by atoms with E-state index in [4.69, 9.17) is 16.7 Å². The summed E-state index contributed by atoms with van der Waals surface area (Å²) in [6.07, 6.45) is 0.359. The van der Waals surface area contributed by atoms with E-state index in [2.05, 4.69) is 4.72 Å². The first-order valence-electron chi connectivity index (χ1n) is 4.19. The Hall–Kier alpha value is 0.120. The Kier molecular flexibility index (Phi) is 5.92. The van der Waals surface area contributed by atoms with Gasteiger partial charge in [-0.15, -0.1) is 11.6 Å². The van der Waals surface area contributed by atoms with Gasteiger partial charge in [0.2, 0.25) is 10.0 Å². The van der Waals surface area contributed by atoms with Gasteiger partial charge in [-0.2, -0.15) is 0 Å². The summed E-state index contributed by atoms with van der Waals surface area (Å²) >= 11 is 5.34. The summed E-state index contributed by atoms with van der Waals surface area (Å²) in [5.74, 6) is 0.204. The number of aliphatic hydroxyl groups excluding tert-OH is 1. The first-order valence-corrected chi connectivity index (χ1v) is 6.38. The van der Waals surface area contributed by atoms with E-state index in [9.17, 15) is 13.5 Å². The minimum Gasteiger partial charge on any atom is -0.393 e. The van der Waals surface area contributed by atoms with Crippen molar-refractivity contribution in [2.45, 2.75) is 18.9 Å². The summed E-state index contributed by atoms with van der Waals surface area (Å²) in [4.78, 5) is 0.